The summed E-state index contributed by atoms with van der Waals surface area (Å²) in [4.78, 5) is 41.0. The van der Waals surface area contributed by atoms with Crippen LogP contribution in [0.4, 0.5) is 4.39 Å². The minimum absolute atomic E-state index is 0.00859. The van der Waals surface area contributed by atoms with Crippen LogP contribution in [-0.2, 0) is 11.3 Å². The number of likely N-dealkylation sites (tertiary alicyclic amines) is 1. The van der Waals surface area contributed by atoms with E-state index >= 15 is 0 Å². The summed E-state index contributed by atoms with van der Waals surface area (Å²) in [5.41, 5.74) is 1.30. The summed E-state index contributed by atoms with van der Waals surface area (Å²) in [6, 6.07) is 16.2. The number of carbonyl (C=O) groups is 2. The molecule has 5 rings (SSSR count). The van der Waals surface area contributed by atoms with Crippen molar-refractivity contribution in [2.24, 2.45) is 5.92 Å². The van der Waals surface area contributed by atoms with Gasteiger partial charge in [0, 0.05) is 47.3 Å². The molecule has 37 heavy (non-hydrogen) atoms. The summed E-state index contributed by atoms with van der Waals surface area (Å²) in [5, 5.41) is 2.65. The highest BCUT2D eigenvalue weighted by atomic mass is 79.9. The van der Waals surface area contributed by atoms with Crippen LogP contribution in [0.1, 0.15) is 34.0 Å². The van der Waals surface area contributed by atoms with E-state index in [1.807, 2.05) is 6.07 Å². The van der Waals surface area contributed by atoms with Crippen LogP contribution in [-0.4, -0.2) is 41.5 Å². The van der Waals surface area contributed by atoms with Crippen LogP contribution in [0.5, 0.6) is 5.75 Å². The van der Waals surface area contributed by atoms with Gasteiger partial charge in [0.2, 0.25) is 0 Å². The third kappa shape index (κ3) is 5.09. The minimum atomic E-state index is -0.722. The van der Waals surface area contributed by atoms with Crippen molar-refractivity contribution in [3.8, 4) is 5.75 Å². The smallest absolute Gasteiger partial charge is 0.270 e. The largest absolute Gasteiger partial charge is 0.496 e. The van der Waals surface area contributed by atoms with Crippen molar-refractivity contribution < 1.29 is 18.7 Å². The van der Waals surface area contributed by atoms with E-state index in [1.54, 1.807) is 51.9 Å². The van der Waals surface area contributed by atoms with Crippen molar-refractivity contribution in [2.75, 3.05) is 20.2 Å². The molecule has 2 bridgehead atoms. The molecule has 3 heterocycles. The van der Waals surface area contributed by atoms with Gasteiger partial charge in [-0.15, -0.1) is 0 Å². The Morgan fingerprint density at radius 3 is 2.68 bits per heavy atom. The molecule has 0 radical (unpaired) electrons. The van der Waals surface area contributed by atoms with Crippen molar-refractivity contribution in [1.29, 1.82) is 0 Å². The van der Waals surface area contributed by atoms with E-state index in [4.69, 9.17) is 4.74 Å². The predicted octanol–water partition coefficient (Wildman–Crippen LogP) is 4.18. The number of pyridine rings is 1. The molecular formula is C28H25BrFN3O4. The number of hydrogen-bond donors (Lipinski definition) is 1. The van der Waals surface area contributed by atoms with Gasteiger partial charge >= 0.3 is 0 Å². The average molecular weight is 566 g/mol. The van der Waals surface area contributed by atoms with Gasteiger partial charge in [0.1, 0.15) is 17.3 Å². The molecule has 3 aromatic rings. The molecule has 2 aliphatic rings. The average Bonchev–Trinajstić information content (AvgIpc) is 2.89. The van der Waals surface area contributed by atoms with Gasteiger partial charge in [0.15, 0.2) is 0 Å². The van der Waals surface area contributed by atoms with Gasteiger partial charge in [0.05, 0.1) is 12.7 Å². The molecule has 0 aliphatic carbocycles. The molecule has 2 amide bonds. The van der Waals surface area contributed by atoms with Crippen molar-refractivity contribution in [2.45, 2.75) is 18.9 Å². The summed E-state index contributed by atoms with van der Waals surface area (Å²) in [6.07, 6.45) is 2.43. The highest BCUT2D eigenvalue weighted by Gasteiger charge is 2.37. The lowest BCUT2D eigenvalue weighted by atomic mass is 9.83. The maximum atomic E-state index is 14.3. The second-order valence-electron chi connectivity index (χ2n) is 9.29. The number of halogens is 2. The number of amides is 2. The van der Waals surface area contributed by atoms with E-state index in [2.05, 4.69) is 21.2 Å². The maximum Gasteiger partial charge on any atom is 0.270 e. The van der Waals surface area contributed by atoms with Gasteiger partial charge in [-0.1, -0.05) is 34.1 Å². The van der Waals surface area contributed by atoms with Crippen LogP contribution in [0.25, 0.3) is 6.08 Å². The summed E-state index contributed by atoms with van der Waals surface area (Å²) in [7, 11) is 1.52. The SMILES string of the molecule is COc1ccc(Br)cc1C=C(NC(=O)c1ccccc1F)C(=O)N1CC2CC(C1)c1cccc(=O)n1C2. The number of aromatic nitrogens is 1. The highest BCUT2D eigenvalue weighted by molar-refractivity contribution is 9.10. The van der Waals surface area contributed by atoms with Crippen LogP contribution in [0.2, 0.25) is 0 Å². The van der Waals surface area contributed by atoms with Crippen molar-refractivity contribution in [3.05, 3.63) is 104 Å². The number of nitrogens with one attached hydrogen (secondary N) is 1. The lowest BCUT2D eigenvalue weighted by Gasteiger charge is -2.43. The standard InChI is InChI=1S/C28H25BrFN3O4/c1-37-25-10-9-20(29)12-18(25)13-23(31-27(35)21-5-2-3-6-22(21)30)28(36)32-14-17-11-19(16-32)24-7-4-8-26(34)33(24)15-17/h2-10,12-13,17,19H,11,14-16H2,1H3,(H,31,35). The van der Waals surface area contributed by atoms with Crippen LogP contribution in [0.3, 0.4) is 0 Å². The molecule has 0 spiro atoms. The topological polar surface area (TPSA) is 80.6 Å². The normalized spacial score (nSPS) is 18.7. The zero-order valence-corrected chi connectivity index (χ0v) is 21.7. The summed E-state index contributed by atoms with van der Waals surface area (Å²) < 4.78 is 22.4. The Morgan fingerprint density at radius 1 is 1.08 bits per heavy atom. The second kappa shape index (κ2) is 10.3. The molecule has 1 N–H and O–H groups in total. The Labute approximate surface area is 221 Å². The van der Waals surface area contributed by atoms with Gasteiger partial charge in [-0.3, -0.25) is 14.4 Å². The minimum Gasteiger partial charge on any atom is -0.496 e. The fourth-order valence-electron chi connectivity index (χ4n) is 5.19. The third-order valence-corrected chi connectivity index (χ3v) is 7.35. The zero-order valence-electron chi connectivity index (χ0n) is 20.1. The summed E-state index contributed by atoms with van der Waals surface area (Å²) in [5.74, 6) is -1.15. The van der Waals surface area contributed by atoms with E-state index in [0.29, 0.717) is 30.9 Å². The number of rotatable bonds is 5. The van der Waals surface area contributed by atoms with Gasteiger partial charge in [0.25, 0.3) is 17.4 Å². The van der Waals surface area contributed by atoms with Gasteiger partial charge < -0.3 is 19.5 Å². The third-order valence-electron chi connectivity index (χ3n) is 6.86. The Morgan fingerprint density at radius 2 is 1.89 bits per heavy atom. The number of piperidine rings is 1. The fraction of sp³-hybridized carbons (Fsp3) is 0.250. The molecule has 190 valence electrons. The molecule has 2 aromatic carbocycles. The zero-order chi connectivity index (χ0) is 26.1. The van der Waals surface area contributed by atoms with Gasteiger partial charge in [-0.25, -0.2) is 4.39 Å². The van der Waals surface area contributed by atoms with Gasteiger partial charge in [-0.05, 0) is 54.8 Å². The predicted molar refractivity (Wildman–Crippen MR) is 141 cm³/mol. The van der Waals surface area contributed by atoms with Crippen LogP contribution in [0, 0.1) is 11.7 Å². The van der Waals surface area contributed by atoms with Crippen molar-refractivity contribution >= 4 is 33.8 Å². The monoisotopic (exact) mass is 565 g/mol. The quantitative estimate of drug-likeness (QED) is 0.471. The second-order valence-corrected chi connectivity index (χ2v) is 10.2. The molecule has 2 aliphatic heterocycles. The number of hydrogen-bond acceptors (Lipinski definition) is 4. The number of methoxy groups -OCH3 is 1. The Kier molecular flexibility index (Phi) is 6.97. The summed E-state index contributed by atoms with van der Waals surface area (Å²) in [6.45, 7) is 1.38. The molecule has 2 unspecified atom stereocenters. The summed E-state index contributed by atoms with van der Waals surface area (Å²) >= 11 is 3.44. The van der Waals surface area contributed by atoms with E-state index in [9.17, 15) is 18.8 Å². The molecule has 0 saturated carbocycles. The first-order chi connectivity index (χ1) is 17.8. The molecule has 7 nitrogen and oxygen atoms in total. The van der Waals surface area contributed by atoms with E-state index in [-0.39, 0.29) is 34.6 Å². The van der Waals surface area contributed by atoms with Crippen LogP contribution < -0.4 is 15.6 Å². The highest BCUT2D eigenvalue weighted by Crippen LogP contribution is 2.35. The Hall–Kier alpha value is -3.72. The molecule has 1 aromatic heterocycles. The van der Waals surface area contributed by atoms with Crippen LogP contribution >= 0.6 is 15.9 Å². The number of carbonyl (C=O) groups excluding carboxylic acids is 2. The first-order valence-corrected chi connectivity index (χ1v) is 12.7. The van der Waals surface area contributed by atoms with Crippen molar-refractivity contribution in [3.63, 3.8) is 0 Å². The van der Waals surface area contributed by atoms with Crippen LogP contribution in [0.15, 0.2) is 75.6 Å². The molecule has 9 heteroatoms. The number of benzene rings is 2. The lowest BCUT2D eigenvalue weighted by Crippen LogP contribution is -2.50. The van der Waals surface area contributed by atoms with Crippen molar-refractivity contribution in [1.82, 2.24) is 14.8 Å². The lowest BCUT2D eigenvalue weighted by molar-refractivity contribution is -0.130. The first kappa shape index (κ1) is 25.0. The van der Waals surface area contributed by atoms with Gasteiger partial charge in [-0.2, -0.15) is 0 Å². The van der Waals surface area contributed by atoms with E-state index in [0.717, 1.165) is 16.6 Å². The molecule has 2 atom stereocenters. The Balaban J connectivity index is 1.50. The number of ether oxygens (including phenoxy) is 1. The van der Waals surface area contributed by atoms with E-state index < -0.39 is 11.7 Å². The number of fused-ring (bicyclic) bond motifs is 4. The first-order valence-electron chi connectivity index (χ1n) is 11.9. The molecule has 1 fully saturated rings. The molecule has 1 saturated heterocycles. The van der Waals surface area contributed by atoms with E-state index in [1.165, 1.54) is 25.3 Å². The maximum absolute atomic E-state index is 14.3. The number of nitrogens with zero attached hydrogens (tertiary/aromatic N) is 2. The fourth-order valence-corrected chi connectivity index (χ4v) is 5.57. The Bertz CT molecular complexity index is 1470. The molecular weight excluding hydrogens is 541 g/mol.